The third-order valence-electron chi connectivity index (χ3n) is 2.56. The number of hydrogen-bond acceptors (Lipinski definition) is 2. The van der Waals surface area contributed by atoms with Gasteiger partial charge in [0, 0.05) is 18.0 Å². The maximum Gasteiger partial charge on any atom is 0.123 e. The highest BCUT2D eigenvalue weighted by atomic mass is 19.1. The van der Waals surface area contributed by atoms with Crippen molar-refractivity contribution in [3.05, 3.63) is 65.2 Å². The van der Waals surface area contributed by atoms with E-state index in [4.69, 9.17) is 0 Å². The topological polar surface area (TPSA) is 33.1 Å². The zero-order valence-electron chi connectivity index (χ0n) is 8.89. The quantitative estimate of drug-likeness (QED) is 0.838. The van der Waals surface area contributed by atoms with Crippen LogP contribution in [0, 0.1) is 12.7 Å². The molecule has 16 heavy (non-hydrogen) atoms. The highest BCUT2D eigenvalue weighted by Crippen LogP contribution is 2.23. The van der Waals surface area contributed by atoms with Crippen LogP contribution in [-0.2, 0) is 0 Å². The van der Waals surface area contributed by atoms with E-state index in [1.165, 1.54) is 12.1 Å². The molecule has 82 valence electrons. The Bertz CT molecular complexity index is 482. The number of benzene rings is 1. The fourth-order valence-corrected chi connectivity index (χ4v) is 1.59. The Hall–Kier alpha value is -1.74. The molecule has 2 aromatic rings. The minimum atomic E-state index is -0.755. The first-order chi connectivity index (χ1) is 7.68. The number of nitrogens with zero attached hydrogens (tertiary/aromatic N) is 1. The molecule has 0 aliphatic heterocycles. The van der Waals surface area contributed by atoms with E-state index in [0.717, 1.165) is 11.1 Å². The van der Waals surface area contributed by atoms with Crippen molar-refractivity contribution >= 4 is 0 Å². The van der Waals surface area contributed by atoms with Crippen LogP contribution < -0.4 is 0 Å². The van der Waals surface area contributed by atoms with Gasteiger partial charge in [-0.2, -0.15) is 0 Å². The van der Waals surface area contributed by atoms with Crippen molar-refractivity contribution in [2.75, 3.05) is 0 Å². The largest absolute Gasteiger partial charge is 0.384 e. The second-order valence-corrected chi connectivity index (χ2v) is 3.69. The van der Waals surface area contributed by atoms with Gasteiger partial charge in [-0.05, 0) is 36.2 Å². The number of aliphatic hydroxyl groups excluding tert-OH is 1. The first-order valence-corrected chi connectivity index (χ1v) is 5.02. The van der Waals surface area contributed by atoms with Crippen LogP contribution in [0.1, 0.15) is 22.8 Å². The monoisotopic (exact) mass is 217 g/mol. The minimum absolute atomic E-state index is 0.307. The molecule has 1 atom stereocenters. The zero-order valence-corrected chi connectivity index (χ0v) is 8.89. The molecule has 0 amide bonds. The number of aromatic nitrogens is 1. The van der Waals surface area contributed by atoms with Gasteiger partial charge in [-0.15, -0.1) is 0 Å². The summed E-state index contributed by atoms with van der Waals surface area (Å²) in [6, 6.07) is 7.66. The van der Waals surface area contributed by atoms with Gasteiger partial charge in [-0.3, -0.25) is 4.98 Å². The fraction of sp³-hybridized carbons (Fsp3) is 0.154. The van der Waals surface area contributed by atoms with Crippen LogP contribution >= 0.6 is 0 Å². The van der Waals surface area contributed by atoms with Gasteiger partial charge in [0.1, 0.15) is 11.9 Å². The van der Waals surface area contributed by atoms with Crippen molar-refractivity contribution in [3.63, 3.8) is 0 Å². The third-order valence-corrected chi connectivity index (χ3v) is 2.56. The first-order valence-electron chi connectivity index (χ1n) is 5.02. The van der Waals surface area contributed by atoms with Gasteiger partial charge in [0.2, 0.25) is 0 Å². The molecular weight excluding hydrogens is 205 g/mol. The molecule has 0 saturated heterocycles. The Morgan fingerprint density at radius 2 is 1.88 bits per heavy atom. The first kappa shape index (κ1) is 10.8. The molecule has 2 nitrogen and oxygen atoms in total. The third kappa shape index (κ3) is 2.09. The molecule has 1 aromatic carbocycles. The van der Waals surface area contributed by atoms with Crippen LogP contribution in [-0.4, -0.2) is 10.1 Å². The maximum atomic E-state index is 12.7. The Labute approximate surface area is 93.4 Å². The second-order valence-electron chi connectivity index (χ2n) is 3.69. The van der Waals surface area contributed by atoms with Crippen LogP contribution in [0.2, 0.25) is 0 Å². The summed E-state index contributed by atoms with van der Waals surface area (Å²) >= 11 is 0. The summed E-state index contributed by atoms with van der Waals surface area (Å²) in [5.41, 5.74) is 2.37. The molecule has 0 radical (unpaired) electrons. The predicted octanol–water partition coefficient (Wildman–Crippen LogP) is 2.61. The van der Waals surface area contributed by atoms with Gasteiger partial charge >= 0.3 is 0 Å². The molecule has 1 unspecified atom stereocenters. The summed E-state index contributed by atoms with van der Waals surface area (Å²) in [4.78, 5) is 3.98. The van der Waals surface area contributed by atoms with Crippen molar-refractivity contribution in [1.29, 1.82) is 0 Å². The van der Waals surface area contributed by atoms with E-state index < -0.39 is 6.10 Å². The normalized spacial score (nSPS) is 12.4. The Kier molecular flexibility index (Phi) is 2.97. The number of rotatable bonds is 2. The van der Waals surface area contributed by atoms with Crippen molar-refractivity contribution in [2.45, 2.75) is 13.0 Å². The molecule has 1 aromatic heterocycles. The second kappa shape index (κ2) is 4.41. The number of halogens is 1. The molecule has 0 fully saturated rings. The molecule has 0 aliphatic rings. The smallest absolute Gasteiger partial charge is 0.123 e. The molecule has 0 bridgehead atoms. The average molecular weight is 217 g/mol. The number of hydrogen-bond donors (Lipinski definition) is 1. The fourth-order valence-electron chi connectivity index (χ4n) is 1.59. The van der Waals surface area contributed by atoms with E-state index in [2.05, 4.69) is 4.98 Å². The highest BCUT2D eigenvalue weighted by Gasteiger charge is 2.12. The molecule has 1 heterocycles. The van der Waals surface area contributed by atoms with Gasteiger partial charge in [-0.1, -0.05) is 12.1 Å². The summed E-state index contributed by atoms with van der Waals surface area (Å²) in [7, 11) is 0. The van der Waals surface area contributed by atoms with E-state index in [1.807, 2.05) is 13.0 Å². The molecule has 0 spiro atoms. The number of aliphatic hydroxyl groups is 1. The lowest BCUT2D eigenvalue weighted by atomic mass is 10.00. The average Bonchev–Trinajstić information content (AvgIpc) is 2.30. The van der Waals surface area contributed by atoms with Gasteiger partial charge in [0.25, 0.3) is 0 Å². The van der Waals surface area contributed by atoms with Crippen LogP contribution in [0.15, 0.2) is 42.7 Å². The molecule has 3 heteroatoms. The van der Waals surface area contributed by atoms with Gasteiger partial charge in [-0.25, -0.2) is 4.39 Å². The van der Waals surface area contributed by atoms with Crippen molar-refractivity contribution in [2.24, 2.45) is 0 Å². The molecule has 0 aliphatic carbocycles. The Morgan fingerprint density at radius 3 is 2.50 bits per heavy atom. The lowest BCUT2D eigenvalue weighted by molar-refractivity contribution is 0.219. The lowest BCUT2D eigenvalue weighted by Crippen LogP contribution is -2.02. The maximum absolute atomic E-state index is 12.7. The summed E-state index contributed by atoms with van der Waals surface area (Å²) in [5, 5.41) is 10.1. The molecule has 2 rings (SSSR count). The number of pyridine rings is 1. The molecule has 0 saturated carbocycles. The van der Waals surface area contributed by atoms with Gasteiger partial charge < -0.3 is 5.11 Å². The molecule has 1 N–H and O–H groups in total. The summed E-state index contributed by atoms with van der Waals surface area (Å²) in [6.07, 6.45) is 2.55. The van der Waals surface area contributed by atoms with Crippen molar-refractivity contribution in [1.82, 2.24) is 4.98 Å². The van der Waals surface area contributed by atoms with Crippen molar-refractivity contribution in [3.8, 4) is 0 Å². The van der Waals surface area contributed by atoms with E-state index in [0.29, 0.717) is 5.56 Å². The van der Waals surface area contributed by atoms with Crippen LogP contribution in [0.25, 0.3) is 0 Å². The van der Waals surface area contributed by atoms with Crippen LogP contribution in [0.5, 0.6) is 0 Å². The Morgan fingerprint density at radius 1 is 1.19 bits per heavy atom. The highest BCUT2D eigenvalue weighted by molar-refractivity contribution is 5.32. The van der Waals surface area contributed by atoms with Crippen LogP contribution in [0.3, 0.4) is 0 Å². The van der Waals surface area contributed by atoms with Crippen molar-refractivity contribution < 1.29 is 9.50 Å². The van der Waals surface area contributed by atoms with E-state index in [9.17, 15) is 9.50 Å². The van der Waals surface area contributed by atoms with Gasteiger partial charge in [0.05, 0.1) is 0 Å². The minimum Gasteiger partial charge on any atom is -0.384 e. The van der Waals surface area contributed by atoms with E-state index in [-0.39, 0.29) is 5.82 Å². The van der Waals surface area contributed by atoms with E-state index >= 15 is 0 Å². The van der Waals surface area contributed by atoms with Gasteiger partial charge in [0.15, 0.2) is 0 Å². The SMILES string of the molecule is Cc1ccncc1C(O)c1ccc(F)cc1. The Balaban J connectivity index is 2.35. The summed E-state index contributed by atoms with van der Waals surface area (Å²) in [6.45, 7) is 1.91. The molecular formula is C13H12FNO. The zero-order chi connectivity index (χ0) is 11.5. The van der Waals surface area contributed by atoms with Crippen LogP contribution in [0.4, 0.5) is 4.39 Å². The van der Waals surface area contributed by atoms with E-state index in [1.54, 1.807) is 24.5 Å². The summed E-state index contributed by atoms with van der Waals surface area (Å²) < 4.78 is 12.7. The lowest BCUT2D eigenvalue weighted by Gasteiger charge is -2.13. The predicted molar refractivity (Wildman–Crippen MR) is 59.4 cm³/mol. The standard InChI is InChI=1S/C13H12FNO/c1-9-6-7-15-8-12(9)13(16)10-2-4-11(14)5-3-10/h2-8,13,16H,1H3. The number of aryl methyl sites for hydroxylation is 1. The summed E-state index contributed by atoms with van der Waals surface area (Å²) in [5.74, 6) is -0.307.